The molecule has 0 spiro atoms. The van der Waals surface area contributed by atoms with Crippen LogP contribution >= 0.6 is 0 Å². The largest absolute Gasteiger partial charge is 0.247 e. The van der Waals surface area contributed by atoms with Crippen LogP contribution in [0.3, 0.4) is 0 Å². The molecule has 0 saturated heterocycles. The van der Waals surface area contributed by atoms with E-state index < -0.39 is 6.17 Å². The summed E-state index contributed by atoms with van der Waals surface area (Å²) in [5, 5.41) is 9.95. The smallest absolute Gasteiger partial charge is 0.100 e. The van der Waals surface area contributed by atoms with Gasteiger partial charge in [0.05, 0.1) is 6.61 Å². The molecule has 0 aromatic heterocycles. The molecule has 0 fully saturated rings. The van der Waals surface area contributed by atoms with Gasteiger partial charge in [-0.15, -0.1) is 0 Å². The van der Waals surface area contributed by atoms with Crippen molar-refractivity contribution >= 4 is 0 Å². The van der Waals surface area contributed by atoms with E-state index in [2.05, 4.69) is 0 Å². The molecule has 1 atom stereocenters. The van der Waals surface area contributed by atoms with Gasteiger partial charge in [0.15, 0.2) is 0 Å². The Morgan fingerprint density at radius 2 is 2.00 bits per heavy atom. The van der Waals surface area contributed by atoms with Crippen molar-refractivity contribution < 1.29 is 9.50 Å². The maximum Gasteiger partial charge on any atom is 0.100 e. The molecular weight excluding hydrogens is 131 g/mol. The van der Waals surface area contributed by atoms with Gasteiger partial charge < -0.3 is 0 Å². The molecule has 0 aliphatic heterocycles. The predicted molar refractivity (Wildman–Crippen MR) is 39.2 cm³/mol. The van der Waals surface area contributed by atoms with E-state index in [0.29, 0.717) is 19.3 Å². The standard InChI is InChI=1S/C8H16FO/c1-2-5-8(9)6-3-4-7-10/h8H,2-7H2,1H3. The molecule has 10 heavy (non-hydrogen) atoms. The summed E-state index contributed by atoms with van der Waals surface area (Å²) >= 11 is 0. The summed E-state index contributed by atoms with van der Waals surface area (Å²) in [4.78, 5) is 0. The molecular formula is C8H16FO. The van der Waals surface area contributed by atoms with Crippen LogP contribution in [0.5, 0.6) is 0 Å². The van der Waals surface area contributed by atoms with Crippen LogP contribution in [-0.4, -0.2) is 12.8 Å². The maximum atomic E-state index is 12.6. The normalized spacial score (nSPS) is 13.5. The second-order valence-electron chi connectivity index (χ2n) is 2.59. The Balaban J connectivity index is 2.97. The van der Waals surface area contributed by atoms with Crippen molar-refractivity contribution in [2.45, 2.75) is 45.2 Å². The third kappa shape index (κ3) is 6.02. The average molecular weight is 147 g/mol. The van der Waals surface area contributed by atoms with E-state index in [0.717, 1.165) is 12.8 Å². The molecule has 0 aromatic carbocycles. The van der Waals surface area contributed by atoms with E-state index in [1.165, 1.54) is 0 Å². The minimum atomic E-state index is -0.670. The van der Waals surface area contributed by atoms with Crippen LogP contribution in [0.2, 0.25) is 0 Å². The van der Waals surface area contributed by atoms with Gasteiger partial charge in [-0.3, -0.25) is 0 Å². The van der Waals surface area contributed by atoms with Gasteiger partial charge in [-0.05, 0) is 25.7 Å². The minimum absolute atomic E-state index is 0.0567. The van der Waals surface area contributed by atoms with Gasteiger partial charge in [0.25, 0.3) is 0 Å². The monoisotopic (exact) mass is 147 g/mol. The van der Waals surface area contributed by atoms with E-state index in [4.69, 9.17) is 0 Å². The van der Waals surface area contributed by atoms with Gasteiger partial charge in [-0.2, -0.15) is 0 Å². The zero-order valence-corrected chi connectivity index (χ0v) is 6.61. The van der Waals surface area contributed by atoms with Crippen molar-refractivity contribution in [1.82, 2.24) is 0 Å². The SMILES string of the molecule is CCCC(F)CCCC[O]. The minimum Gasteiger partial charge on any atom is -0.247 e. The zero-order valence-electron chi connectivity index (χ0n) is 6.61. The molecule has 2 heteroatoms. The Kier molecular flexibility index (Phi) is 6.93. The summed E-state index contributed by atoms with van der Waals surface area (Å²) in [6.45, 7) is 1.92. The highest BCUT2D eigenvalue weighted by atomic mass is 19.1. The summed E-state index contributed by atoms with van der Waals surface area (Å²) in [6.07, 6.45) is 2.85. The van der Waals surface area contributed by atoms with Gasteiger partial charge in [-0.1, -0.05) is 13.3 Å². The highest BCUT2D eigenvalue weighted by Crippen LogP contribution is 2.09. The van der Waals surface area contributed by atoms with Gasteiger partial charge in [0, 0.05) is 0 Å². The van der Waals surface area contributed by atoms with Crippen LogP contribution in [0.25, 0.3) is 0 Å². The lowest BCUT2D eigenvalue weighted by molar-refractivity contribution is 0.180. The maximum absolute atomic E-state index is 12.6. The average Bonchev–Trinajstić information content (AvgIpc) is 1.89. The van der Waals surface area contributed by atoms with Crippen LogP contribution < -0.4 is 0 Å². The Morgan fingerprint density at radius 1 is 1.30 bits per heavy atom. The topological polar surface area (TPSA) is 19.9 Å². The first-order valence-corrected chi connectivity index (χ1v) is 4.03. The molecule has 1 radical (unpaired) electrons. The van der Waals surface area contributed by atoms with Gasteiger partial charge in [-0.25, -0.2) is 9.50 Å². The Hall–Kier alpha value is -0.110. The summed E-state index contributed by atoms with van der Waals surface area (Å²) in [7, 11) is 0. The predicted octanol–water partition coefficient (Wildman–Crippen LogP) is 2.73. The van der Waals surface area contributed by atoms with Crippen molar-refractivity contribution in [3.05, 3.63) is 0 Å². The van der Waals surface area contributed by atoms with Crippen LogP contribution in [0.1, 0.15) is 39.0 Å². The number of rotatable bonds is 6. The fourth-order valence-electron chi connectivity index (χ4n) is 0.925. The van der Waals surface area contributed by atoms with Gasteiger partial charge >= 0.3 is 0 Å². The molecule has 0 N–H and O–H groups in total. The second kappa shape index (κ2) is 7.00. The molecule has 61 valence electrons. The third-order valence-electron chi connectivity index (χ3n) is 1.51. The summed E-state index contributed by atoms with van der Waals surface area (Å²) in [5.41, 5.74) is 0. The Morgan fingerprint density at radius 3 is 2.50 bits per heavy atom. The van der Waals surface area contributed by atoms with E-state index >= 15 is 0 Å². The third-order valence-corrected chi connectivity index (χ3v) is 1.51. The number of unbranched alkanes of at least 4 members (excludes halogenated alkanes) is 1. The number of halogens is 1. The lowest BCUT2D eigenvalue weighted by atomic mass is 10.1. The van der Waals surface area contributed by atoms with Crippen molar-refractivity contribution in [2.24, 2.45) is 0 Å². The highest BCUT2D eigenvalue weighted by molar-refractivity contribution is 4.54. The van der Waals surface area contributed by atoms with Crippen molar-refractivity contribution in [3.63, 3.8) is 0 Å². The zero-order chi connectivity index (χ0) is 7.82. The molecule has 0 aromatic rings. The second-order valence-corrected chi connectivity index (χ2v) is 2.59. The van der Waals surface area contributed by atoms with Crippen molar-refractivity contribution in [1.29, 1.82) is 0 Å². The van der Waals surface area contributed by atoms with Crippen LogP contribution in [-0.2, 0) is 5.11 Å². The lowest BCUT2D eigenvalue weighted by Crippen LogP contribution is -1.99. The van der Waals surface area contributed by atoms with E-state index in [-0.39, 0.29) is 6.61 Å². The van der Waals surface area contributed by atoms with E-state index in [1.807, 2.05) is 6.92 Å². The molecule has 0 bridgehead atoms. The van der Waals surface area contributed by atoms with Gasteiger partial charge in [0.1, 0.15) is 6.17 Å². The first kappa shape index (κ1) is 9.89. The summed E-state index contributed by atoms with van der Waals surface area (Å²) in [5.74, 6) is 0. The first-order chi connectivity index (χ1) is 4.81. The van der Waals surface area contributed by atoms with Crippen LogP contribution in [0.15, 0.2) is 0 Å². The summed E-state index contributed by atoms with van der Waals surface area (Å²) in [6, 6.07) is 0. The van der Waals surface area contributed by atoms with E-state index in [9.17, 15) is 9.50 Å². The Labute approximate surface area is 62.3 Å². The van der Waals surface area contributed by atoms with E-state index in [1.54, 1.807) is 0 Å². The number of hydrogen-bond acceptors (Lipinski definition) is 0. The van der Waals surface area contributed by atoms with Crippen molar-refractivity contribution in [3.8, 4) is 0 Å². The molecule has 1 unspecified atom stereocenters. The fraction of sp³-hybridized carbons (Fsp3) is 1.00. The quantitative estimate of drug-likeness (QED) is 0.515. The highest BCUT2D eigenvalue weighted by Gasteiger charge is 2.02. The lowest BCUT2D eigenvalue weighted by Gasteiger charge is -2.03. The molecule has 0 aliphatic carbocycles. The summed E-state index contributed by atoms with van der Waals surface area (Å²) < 4.78 is 12.6. The van der Waals surface area contributed by atoms with Crippen LogP contribution in [0.4, 0.5) is 4.39 Å². The molecule has 0 aliphatic rings. The fourth-order valence-corrected chi connectivity index (χ4v) is 0.925. The molecule has 0 saturated carbocycles. The molecule has 0 heterocycles. The number of hydrogen-bond donors (Lipinski definition) is 0. The van der Waals surface area contributed by atoms with Crippen molar-refractivity contribution in [2.75, 3.05) is 6.61 Å². The Bertz CT molecular complexity index is 66.3. The molecule has 1 nitrogen and oxygen atoms in total. The first-order valence-electron chi connectivity index (χ1n) is 4.03. The van der Waals surface area contributed by atoms with Crippen LogP contribution in [0, 0.1) is 0 Å². The molecule has 0 amide bonds. The number of alkyl halides is 1. The molecule has 0 rings (SSSR count). The van der Waals surface area contributed by atoms with Gasteiger partial charge in [0.2, 0.25) is 0 Å².